The predicted octanol–water partition coefficient (Wildman–Crippen LogP) is 1.47. The van der Waals surface area contributed by atoms with Gasteiger partial charge in [0.15, 0.2) is 5.65 Å². The molecule has 2 heterocycles. The summed E-state index contributed by atoms with van der Waals surface area (Å²) in [4.78, 5) is 8.21. The van der Waals surface area contributed by atoms with Gasteiger partial charge in [-0.05, 0) is 5.88 Å². The maximum Gasteiger partial charge on any atom is 0.154 e. The maximum absolute atomic E-state index is 11.4. The average molecular weight is 210 g/mol. The monoisotopic (exact) mass is 210 g/mol. The molecule has 0 saturated carbocycles. The minimum atomic E-state index is -0.130. The second-order valence-corrected chi connectivity index (χ2v) is 3.46. The lowest BCUT2D eigenvalue weighted by Gasteiger charge is -2.06. The van der Waals surface area contributed by atoms with E-state index in [1.54, 1.807) is 12.4 Å². The summed E-state index contributed by atoms with van der Waals surface area (Å²) in [6.07, 6.45) is 4.61. The molecule has 1 aromatic carbocycles. The van der Waals surface area contributed by atoms with Gasteiger partial charge in [0.1, 0.15) is 0 Å². The molecule has 16 heavy (non-hydrogen) atoms. The van der Waals surface area contributed by atoms with Crippen molar-refractivity contribution in [2.45, 2.75) is 0 Å². The number of benzene rings is 1. The first kappa shape index (κ1) is 8.91. The first-order valence-electron chi connectivity index (χ1n) is 4.90. The van der Waals surface area contributed by atoms with Gasteiger partial charge in [-0.3, -0.25) is 4.98 Å². The lowest BCUT2D eigenvalue weighted by atomic mass is 10.2. The molecule has 0 atom stereocenters. The van der Waals surface area contributed by atoms with Gasteiger partial charge in [0.2, 0.25) is 0 Å². The lowest BCUT2D eigenvalue weighted by molar-refractivity contribution is -0.276. The van der Waals surface area contributed by atoms with E-state index in [4.69, 9.17) is 0 Å². The Morgan fingerprint density at radius 1 is 1.00 bits per heavy atom. The van der Waals surface area contributed by atoms with Crippen LogP contribution >= 0.6 is 0 Å². The number of imidazole rings is 1. The minimum Gasteiger partial charge on any atom is -0.859 e. The molecule has 4 heteroatoms. The van der Waals surface area contributed by atoms with Gasteiger partial charge in [0, 0.05) is 18.0 Å². The van der Waals surface area contributed by atoms with Gasteiger partial charge in [0.25, 0.3) is 0 Å². The fourth-order valence-corrected chi connectivity index (χ4v) is 1.62. The molecule has 3 aromatic rings. The van der Waals surface area contributed by atoms with Gasteiger partial charge >= 0.3 is 0 Å². The number of hydrogen-bond acceptors (Lipinski definition) is 3. The molecule has 0 aliphatic heterocycles. The molecule has 0 N–H and O–H groups in total. The van der Waals surface area contributed by atoms with E-state index in [1.165, 1.54) is 10.6 Å². The third-order valence-electron chi connectivity index (χ3n) is 2.43. The average Bonchev–Trinajstić information content (AvgIpc) is 2.72. The number of nitrogens with zero attached hydrogens (tertiary/aromatic N) is 3. The standard InChI is InChI=1S/C12H9N3O/c16-12-7-14-11-6-13-10(8-15(11)12)9-4-2-1-3-5-9/h1-8,16H/p-1. The summed E-state index contributed by atoms with van der Waals surface area (Å²) < 4.78 is 1.50. The number of rotatable bonds is 1. The van der Waals surface area contributed by atoms with E-state index in [9.17, 15) is 5.11 Å². The van der Waals surface area contributed by atoms with E-state index in [2.05, 4.69) is 9.97 Å². The van der Waals surface area contributed by atoms with Gasteiger partial charge in [-0.1, -0.05) is 30.3 Å². The van der Waals surface area contributed by atoms with E-state index in [-0.39, 0.29) is 5.88 Å². The van der Waals surface area contributed by atoms with Crippen molar-refractivity contribution in [2.75, 3.05) is 0 Å². The van der Waals surface area contributed by atoms with Crippen molar-refractivity contribution in [1.82, 2.24) is 14.4 Å². The molecule has 0 spiro atoms. The Balaban J connectivity index is 2.22. The van der Waals surface area contributed by atoms with Crippen LogP contribution < -0.4 is 5.11 Å². The smallest absolute Gasteiger partial charge is 0.154 e. The first-order valence-corrected chi connectivity index (χ1v) is 4.90. The predicted molar refractivity (Wildman–Crippen MR) is 57.9 cm³/mol. The second kappa shape index (κ2) is 3.34. The van der Waals surface area contributed by atoms with Crippen molar-refractivity contribution in [1.29, 1.82) is 0 Å². The van der Waals surface area contributed by atoms with Crippen LogP contribution in [0.25, 0.3) is 16.9 Å². The van der Waals surface area contributed by atoms with Gasteiger partial charge < -0.3 is 9.51 Å². The highest BCUT2D eigenvalue weighted by atomic mass is 16.3. The summed E-state index contributed by atoms with van der Waals surface area (Å²) in [6.45, 7) is 0. The van der Waals surface area contributed by atoms with Crippen molar-refractivity contribution in [3.05, 3.63) is 48.9 Å². The van der Waals surface area contributed by atoms with Crippen molar-refractivity contribution >= 4 is 5.65 Å². The number of aromatic nitrogens is 3. The second-order valence-electron chi connectivity index (χ2n) is 3.46. The SMILES string of the molecule is [O-]c1cnc2cnc(-c3ccccc3)cn12. The van der Waals surface area contributed by atoms with Gasteiger partial charge in [-0.15, -0.1) is 0 Å². The molecule has 0 bridgehead atoms. The van der Waals surface area contributed by atoms with Crippen molar-refractivity contribution < 1.29 is 5.11 Å². The lowest BCUT2D eigenvalue weighted by Crippen LogP contribution is -1.97. The normalized spacial score (nSPS) is 10.8. The van der Waals surface area contributed by atoms with Gasteiger partial charge in [-0.25, -0.2) is 4.98 Å². The van der Waals surface area contributed by atoms with Crippen molar-refractivity contribution in [3.8, 4) is 17.1 Å². The molecule has 0 fully saturated rings. The topological polar surface area (TPSA) is 53.2 Å². The zero-order chi connectivity index (χ0) is 11.0. The zero-order valence-electron chi connectivity index (χ0n) is 8.37. The highest BCUT2D eigenvalue weighted by Crippen LogP contribution is 2.18. The van der Waals surface area contributed by atoms with E-state index in [0.29, 0.717) is 5.65 Å². The Labute approximate surface area is 91.8 Å². The third kappa shape index (κ3) is 1.32. The summed E-state index contributed by atoms with van der Waals surface area (Å²) in [6, 6.07) is 9.73. The molecule has 0 saturated heterocycles. The fourth-order valence-electron chi connectivity index (χ4n) is 1.62. The van der Waals surface area contributed by atoms with Crippen LogP contribution in [-0.2, 0) is 0 Å². The molecule has 4 nitrogen and oxygen atoms in total. The van der Waals surface area contributed by atoms with Crippen LogP contribution in [0.5, 0.6) is 5.88 Å². The molecule has 78 valence electrons. The summed E-state index contributed by atoms with van der Waals surface area (Å²) in [7, 11) is 0. The minimum absolute atomic E-state index is 0.130. The van der Waals surface area contributed by atoms with Gasteiger partial charge in [0.05, 0.1) is 11.9 Å². The van der Waals surface area contributed by atoms with Gasteiger partial charge in [-0.2, -0.15) is 0 Å². The molecule has 0 aliphatic carbocycles. The van der Waals surface area contributed by atoms with Crippen LogP contribution in [0.3, 0.4) is 0 Å². The molecule has 0 aliphatic rings. The Hall–Kier alpha value is -2.36. The fraction of sp³-hybridized carbons (Fsp3) is 0. The van der Waals surface area contributed by atoms with Crippen LogP contribution in [0.4, 0.5) is 0 Å². The molecule has 0 unspecified atom stereocenters. The van der Waals surface area contributed by atoms with Crippen molar-refractivity contribution in [3.63, 3.8) is 0 Å². The number of fused-ring (bicyclic) bond motifs is 1. The van der Waals surface area contributed by atoms with Crippen LogP contribution in [0.2, 0.25) is 0 Å². The molecular weight excluding hydrogens is 202 g/mol. The zero-order valence-corrected chi connectivity index (χ0v) is 8.37. The van der Waals surface area contributed by atoms with Crippen LogP contribution in [-0.4, -0.2) is 14.4 Å². The summed E-state index contributed by atoms with van der Waals surface area (Å²) in [5, 5.41) is 11.4. The van der Waals surface area contributed by atoms with E-state index in [1.807, 2.05) is 30.3 Å². The summed E-state index contributed by atoms with van der Waals surface area (Å²) in [5.41, 5.74) is 2.32. The number of hydrogen-bond donors (Lipinski definition) is 0. The Morgan fingerprint density at radius 2 is 1.81 bits per heavy atom. The summed E-state index contributed by atoms with van der Waals surface area (Å²) >= 11 is 0. The molecule has 0 radical (unpaired) electrons. The molecule has 3 rings (SSSR count). The first-order chi connectivity index (χ1) is 7.84. The molecule has 0 amide bonds. The van der Waals surface area contributed by atoms with Crippen molar-refractivity contribution in [2.24, 2.45) is 0 Å². The quantitative estimate of drug-likeness (QED) is 0.611. The Bertz CT molecular complexity index is 631. The summed E-state index contributed by atoms with van der Waals surface area (Å²) in [5.74, 6) is -0.130. The van der Waals surface area contributed by atoms with E-state index in [0.717, 1.165) is 11.3 Å². The van der Waals surface area contributed by atoms with E-state index >= 15 is 0 Å². The third-order valence-corrected chi connectivity index (χ3v) is 2.43. The Kier molecular flexibility index (Phi) is 1.86. The Morgan fingerprint density at radius 3 is 2.62 bits per heavy atom. The highest BCUT2D eigenvalue weighted by molar-refractivity contribution is 5.59. The van der Waals surface area contributed by atoms with E-state index < -0.39 is 0 Å². The molecule has 2 aromatic heterocycles. The maximum atomic E-state index is 11.4. The van der Waals surface area contributed by atoms with Crippen LogP contribution in [0.15, 0.2) is 48.9 Å². The van der Waals surface area contributed by atoms with Crippen LogP contribution in [0.1, 0.15) is 0 Å². The largest absolute Gasteiger partial charge is 0.859 e. The van der Waals surface area contributed by atoms with Crippen LogP contribution in [0, 0.1) is 0 Å². The molecular formula is C12H8N3O-. The highest BCUT2D eigenvalue weighted by Gasteiger charge is 2.01.